The quantitative estimate of drug-likeness (QED) is 0.815. The fraction of sp³-hybridized carbons (Fsp3) is 0.368. The van der Waals surface area contributed by atoms with E-state index in [1.165, 1.54) is 24.8 Å². The molecule has 2 aromatic rings. The SMILES string of the molecule is COC(=O)C[C@H](Cc1ccc2c(n1)NCCC2)c1ccc(O)c(F)c1. The van der Waals surface area contributed by atoms with Gasteiger partial charge < -0.3 is 15.2 Å². The number of benzene rings is 1. The number of aryl methyl sites for hydroxylation is 1. The van der Waals surface area contributed by atoms with Crippen LogP contribution in [0.15, 0.2) is 30.3 Å². The molecule has 0 unspecified atom stereocenters. The van der Waals surface area contributed by atoms with E-state index in [0.29, 0.717) is 12.0 Å². The van der Waals surface area contributed by atoms with E-state index in [1.807, 2.05) is 6.07 Å². The third kappa shape index (κ3) is 4.07. The van der Waals surface area contributed by atoms with Crippen LogP contribution < -0.4 is 5.32 Å². The molecule has 2 heterocycles. The van der Waals surface area contributed by atoms with Crippen LogP contribution in [0.1, 0.15) is 35.6 Å². The second kappa shape index (κ2) is 7.51. The predicted octanol–water partition coefficient (Wildman–Crippen LogP) is 3.17. The number of methoxy groups -OCH3 is 1. The standard InChI is InChI=1S/C19H21FN2O3/c1-25-18(24)11-14(13-5-7-17(23)16(20)10-13)9-15-6-4-12-3-2-8-21-19(12)22-15/h4-7,10,14,23H,2-3,8-9,11H2,1H3,(H,21,22)/t14-/m0/s1. The lowest BCUT2D eigenvalue weighted by molar-refractivity contribution is -0.141. The van der Waals surface area contributed by atoms with Gasteiger partial charge >= 0.3 is 5.97 Å². The molecule has 6 heteroatoms. The van der Waals surface area contributed by atoms with Crippen molar-refractivity contribution < 1.29 is 19.0 Å². The number of aromatic nitrogens is 1. The highest BCUT2D eigenvalue weighted by molar-refractivity contribution is 5.70. The van der Waals surface area contributed by atoms with Gasteiger partial charge in [0.1, 0.15) is 5.82 Å². The molecule has 0 amide bonds. The minimum absolute atomic E-state index is 0.118. The average molecular weight is 344 g/mol. The molecule has 1 aromatic carbocycles. The Morgan fingerprint density at radius 1 is 1.40 bits per heavy atom. The number of phenols is 1. The van der Waals surface area contributed by atoms with Crippen LogP contribution in [0.3, 0.4) is 0 Å². The zero-order valence-corrected chi connectivity index (χ0v) is 14.1. The van der Waals surface area contributed by atoms with Crippen LogP contribution in [0.4, 0.5) is 10.2 Å². The maximum Gasteiger partial charge on any atom is 0.306 e. The largest absolute Gasteiger partial charge is 0.505 e. The molecule has 1 aliphatic heterocycles. The van der Waals surface area contributed by atoms with E-state index < -0.39 is 11.6 Å². The van der Waals surface area contributed by atoms with Crippen LogP contribution in [0.5, 0.6) is 5.75 Å². The van der Waals surface area contributed by atoms with Gasteiger partial charge in [-0.25, -0.2) is 9.37 Å². The summed E-state index contributed by atoms with van der Waals surface area (Å²) in [5.74, 6) is -0.868. The summed E-state index contributed by atoms with van der Waals surface area (Å²) in [5, 5.41) is 12.7. The van der Waals surface area contributed by atoms with Crippen molar-refractivity contribution in [3.05, 3.63) is 53.0 Å². The Kier molecular flexibility index (Phi) is 5.16. The van der Waals surface area contributed by atoms with Gasteiger partial charge in [-0.05, 0) is 54.5 Å². The van der Waals surface area contributed by atoms with Gasteiger partial charge in [0.2, 0.25) is 0 Å². The molecule has 5 nitrogen and oxygen atoms in total. The summed E-state index contributed by atoms with van der Waals surface area (Å²) in [5.41, 5.74) is 2.65. The second-order valence-corrected chi connectivity index (χ2v) is 6.23. The Labute approximate surface area is 145 Å². The van der Waals surface area contributed by atoms with E-state index in [0.717, 1.165) is 30.9 Å². The third-order valence-corrected chi connectivity index (χ3v) is 4.49. The lowest BCUT2D eigenvalue weighted by Gasteiger charge is -2.20. The van der Waals surface area contributed by atoms with Crippen molar-refractivity contribution in [1.82, 2.24) is 4.98 Å². The van der Waals surface area contributed by atoms with E-state index in [4.69, 9.17) is 4.74 Å². The molecule has 1 atom stereocenters. The van der Waals surface area contributed by atoms with Crippen molar-refractivity contribution in [2.24, 2.45) is 0 Å². The van der Waals surface area contributed by atoms with Crippen LogP contribution in [0.2, 0.25) is 0 Å². The highest BCUT2D eigenvalue weighted by Gasteiger charge is 2.20. The average Bonchev–Trinajstić information content (AvgIpc) is 2.63. The molecule has 25 heavy (non-hydrogen) atoms. The number of rotatable bonds is 5. The summed E-state index contributed by atoms with van der Waals surface area (Å²) < 4.78 is 18.5. The molecule has 1 aromatic heterocycles. The molecule has 0 bridgehead atoms. The maximum absolute atomic E-state index is 13.7. The summed E-state index contributed by atoms with van der Waals surface area (Å²) in [6.07, 6.45) is 2.69. The van der Waals surface area contributed by atoms with Gasteiger partial charge in [0.15, 0.2) is 11.6 Å². The lowest BCUT2D eigenvalue weighted by Crippen LogP contribution is -2.16. The van der Waals surface area contributed by atoms with E-state index >= 15 is 0 Å². The first-order valence-corrected chi connectivity index (χ1v) is 8.34. The fourth-order valence-corrected chi connectivity index (χ4v) is 3.10. The minimum atomic E-state index is -0.701. The zero-order chi connectivity index (χ0) is 17.8. The Morgan fingerprint density at radius 3 is 3.00 bits per heavy atom. The number of esters is 1. The van der Waals surface area contributed by atoms with Crippen molar-refractivity contribution in [3.63, 3.8) is 0 Å². The van der Waals surface area contributed by atoms with Crippen LogP contribution >= 0.6 is 0 Å². The molecular weight excluding hydrogens is 323 g/mol. The van der Waals surface area contributed by atoms with E-state index in [2.05, 4.69) is 16.4 Å². The molecule has 1 aliphatic rings. The first kappa shape index (κ1) is 17.2. The number of phenolic OH excluding ortho intramolecular Hbond substituents is 1. The van der Waals surface area contributed by atoms with Gasteiger partial charge in [0, 0.05) is 12.2 Å². The fourth-order valence-electron chi connectivity index (χ4n) is 3.10. The number of nitrogens with one attached hydrogen (secondary N) is 1. The van der Waals surface area contributed by atoms with Crippen LogP contribution in [0, 0.1) is 5.82 Å². The van der Waals surface area contributed by atoms with E-state index in [9.17, 15) is 14.3 Å². The lowest BCUT2D eigenvalue weighted by atomic mass is 9.90. The summed E-state index contributed by atoms with van der Waals surface area (Å²) in [6, 6.07) is 8.20. The van der Waals surface area contributed by atoms with Gasteiger partial charge in [-0.2, -0.15) is 0 Å². The highest BCUT2D eigenvalue weighted by atomic mass is 19.1. The Morgan fingerprint density at radius 2 is 2.24 bits per heavy atom. The van der Waals surface area contributed by atoms with Crippen molar-refractivity contribution in [1.29, 1.82) is 0 Å². The summed E-state index contributed by atoms with van der Waals surface area (Å²) in [4.78, 5) is 16.4. The summed E-state index contributed by atoms with van der Waals surface area (Å²) in [6.45, 7) is 0.901. The number of pyridine rings is 1. The van der Waals surface area contributed by atoms with Gasteiger partial charge in [0.25, 0.3) is 0 Å². The van der Waals surface area contributed by atoms with E-state index in [1.54, 1.807) is 6.07 Å². The Hall–Kier alpha value is -2.63. The summed E-state index contributed by atoms with van der Waals surface area (Å²) in [7, 11) is 1.33. The number of hydrogen-bond acceptors (Lipinski definition) is 5. The number of hydrogen-bond donors (Lipinski definition) is 2. The molecule has 0 fully saturated rings. The highest BCUT2D eigenvalue weighted by Crippen LogP contribution is 2.29. The smallest absolute Gasteiger partial charge is 0.306 e. The molecule has 0 aliphatic carbocycles. The number of aromatic hydroxyl groups is 1. The number of carbonyl (C=O) groups excluding carboxylic acids is 1. The molecule has 3 rings (SSSR count). The normalized spacial score (nSPS) is 14.3. The zero-order valence-electron chi connectivity index (χ0n) is 14.1. The number of halogens is 1. The number of carbonyl (C=O) groups is 1. The molecular formula is C19H21FN2O3. The topological polar surface area (TPSA) is 71.5 Å². The second-order valence-electron chi connectivity index (χ2n) is 6.23. The maximum atomic E-state index is 13.7. The number of nitrogens with zero attached hydrogens (tertiary/aromatic N) is 1. The molecule has 132 valence electrons. The molecule has 0 saturated carbocycles. The van der Waals surface area contributed by atoms with Crippen LogP contribution in [0.25, 0.3) is 0 Å². The van der Waals surface area contributed by atoms with Gasteiger partial charge in [0.05, 0.1) is 13.5 Å². The monoisotopic (exact) mass is 344 g/mol. The minimum Gasteiger partial charge on any atom is -0.505 e. The Bertz CT molecular complexity index is 779. The van der Waals surface area contributed by atoms with Gasteiger partial charge in [-0.3, -0.25) is 4.79 Å². The molecule has 0 saturated heterocycles. The molecule has 2 N–H and O–H groups in total. The van der Waals surface area contributed by atoms with Crippen LogP contribution in [-0.4, -0.2) is 29.7 Å². The first-order chi connectivity index (χ1) is 12.1. The molecule has 0 spiro atoms. The Balaban J connectivity index is 1.86. The number of fused-ring (bicyclic) bond motifs is 1. The van der Waals surface area contributed by atoms with Gasteiger partial charge in [-0.15, -0.1) is 0 Å². The third-order valence-electron chi connectivity index (χ3n) is 4.49. The van der Waals surface area contributed by atoms with E-state index in [-0.39, 0.29) is 18.3 Å². The van der Waals surface area contributed by atoms with Gasteiger partial charge in [-0.1, -0.05) is 12.1 Å². The number of anilines is 1. The molecule has 0 radical (unpaired) electrons. The van der Waals surface area contributed by atoms with Crippen LogP contribution in [-0.2, 0) is 22.4 Å². The van der Waals surface area contributed by atoms with Crippen molar-refractivity contribution in [2.75, 3.05) is 19.0 Å². The predicted molar refractivity (Wildman–Crippen MR) is 92.2 cm³/mol. The summed E-state index contributed by atoms with van der Waals surface area (Å²) >= 11 is 0. The first-order valence-electron chi connectivity index (χ1n) is 8.34. The van der Waals surface area contributed by atoms with Crippen molar-refractivity contribution in [3.8, 4) is 5.75 Å². The van der Waals surface area contributed by atoms with Crippen molar-refractivity contribution in [2.45, 2.75) is 31.6 Å². The number of ether oxygens (including phenoxy) is 1. The van der Waals surface area contributed by atoms with Crippen molar-refractivity contribution >= 4 is 11.8 Å².